The van der Waals surface area contributed by atoms with Crippen molar-refractivity contribution in [3.63, 3.8) is 0 Å². The van der Waals surface area contributed by atoms with Crippen molar-refractivity contribution in [1.82, 2.24) is 14.1 Å². The van der Waals surface area contributed by atoms with Crippen LogP contribution < -0.4 is 27.0 Å². The Morgan fingerprint density at radius 3 is 2.37 bits per heavy atom. The lowest BCUT2D eigenvalue weighted by atomic mass is 10.1. The Morgan fingerprint density at radius 2 is 1.66 bits per heavy atom. The van der Waals surface area contributed by atoms with E-state index in [1.807, 2.05) is 36.4 Å². The predicted octanol–water partition coefficient (Wildman–Crippen LogP) is 5.22. The summed E-state index contributed by atoms with van der Waals surface area (Å²) in [5.41, 5.74) is 6.84. The molecule has 0 amide bonds. The van der Waals surface area contributed by atoms with Crippen LogP contribution in [0.1, 0.15) is 22.9 Å². The van der Waals surface area contributed by atoms with E-state index in [2.05, 4.69) is 10.3 Å². The summed E-state index contributed by atoms with van der Waals surface area (Å²) in [6, 6.07) is 19.2. The summed E-state index contributed by atoms with van der Waals surface area (Å²) in [6.07, 6.45) is 0. The Bertz CT molecular complexity index is 1800. The van der Waals surface area contributed by atoms with Gasteiger partial charge in [0, 0.05) is 22.7 Å². The third-order valence-corrected chi connectivity index (χ3v) is 7.54. The highest BCUT2D eigenvalue weighted by Gasteiger charge is 2.23. The first-order chi connectivity index (χ1) is 19.8. The van der Waals surface area contributed by atoms with Gasteiger partial charge in [-0.3, -0.25) is 13.9 Å². The molecular weight excluding hydrogens is 548 g/mol. The van der Waals surface area contributed by atoms with Crippen LogP contribution in [0, 0.1) is 18.6 Å². The van der Waals surface area contributed by atoms with Crippen LogP contribution >= 0.6 is 11.3 Å². The fourth-order valence-electron chi connectivity index (χ4n) is 4.60. The molecule has 0 unspecified atom stereocenters. The molecule has 0 saturated carbocycles. The van der Waals surface area contributed by atoms with Crippen LogP contribution in [-0.2, 0) is 13.1 Å². The second-order valence-electron chi connectivity index (χ2n) is 9.33. The van der Waals surface area contributed by atoms with E-state index in [4.69, 9.17) is 10.5 Å². The highest BCUT2D eigenvalue weighted by Crippen LogP contribution is 2.31. The van der Waals surface area contributed by atoms with Gasteiger partial charge >= 0.3 is 5.69 Å². The average molecular weight is 576 g/mol. The molecule has 2 heterocycles. The normalized spacial score (nSPS) is 11.8. The number of nitrogens with zero attached hydrogens (tertiary/aromatic N) is 3. The van der Waals surface area contributed by atoms with Gasteiger partial charge in [-0.15, -0.1) is 11.3 Å². The lowest BCUT2D eigenvalue weighted by Gasteiger charge is -2.19. The monoisotopic (exact) mass is 575 g/mol. The second-order valence-corrected chi connectivity index (χ2v) is 10.2. The fraction of sp³-hybridized carbons (Fsp3) is 0.167. The molecule has 0 saturated heterocycles. The Labute approximate surface area is 238 Å². The van der Waals surface area contributed by atoms with Crippen molar-refractivity contribution >= 4 is 22.2 Å². The van der Waals surface area contributed by atoms with Crippen LogP contribution in [0.3, 0.4) is 0 Å². The summed E-state index contributed by atoms with van der Waals surface area (Å²) in [5.74, 6) is -0.986. The van der Waals surface area contributed by atoms with Crippen molar-refractivity contribution < 1.29 is 13.5 Å². The van der Waals surface area contributed by atoms with E-state index in [9.17, 15) is 18.4 Å². The van der Waals surface area contributed by atoms with Crippen LogP contribution in [0.4, 0.5) is 19.6 Å². The quantitative estimate of drug-likeness (QED) is 0.250. The Kier molecular flexibility index (Phi) is 8.09. The van der Waals surface area contributed by atoms with Crippen LogP contribution in [0.15, 0.2) is 87.8 Å². The van der Waals surface area contributed by atoms with E-state index in [0.717, 1.165) is 22.3 Å². The van der Waals surface area contributed by atoms with Gasteiger partial charge in [0.05, 0.1) is 37.1 Å². The van der Waals surface area contributed by atoms with E-state index >= 15 is 0 Å². The van der Waals surface area contributed by atoms with Gasteiger partial charge in [0.2, 0.25) is 0 Å². The number of ether oxygens (including phenoxy) is 1. The molecule has 11 heteroatoms. The van der Waals surface area contributed by atoms with Gasteiger partial charge in [0.1, 0.15) is 17.4 Å². The molecule has 0 radical (unpaired) electrons. The molecule has 41 heavy (non-hydrogen) atoms. The van der Waals surface area contributed by atoms with Crippen molar-refractivity contribution in [2.75, 3.05) is 12.4 Å². The van der Waals surface area contributed by atoms with Crippen molar-refractivity contribution in [3.05, 3.63) is 127 Å². The van der Waals surface area contributed by atoms with E-state index in [-0.39, 0.29) is 23.4 Å². The van der Waals surface area contributed by atoms with E-state index in [0.29, 0.717) is 22.3 Å². The average Bonchev–Trinajstić information content (AvgIpc) is 3.43. The number of benzene rings is 3. The zero-order chi connectivity index (χ0) is 29.1. The SMILES string of the molecule is COc1ccccc1Nc1nc(-c2c(C)n(Cc3c(F)cccc3F)c(=O)n(C[C@H](N)c3ccccc3)c2=O)cs1. The summed E-state index contributed by atoms with van der Waals surface area (Å²) in [7, 11) is 1.56. The van der Waals surface area contributed by atoms with Crippen molar-refractivity contribution in [2.24, 2.45) is 5.73 Å². The predicted molar refractivity (Wildman–Crippen MR) is 156 cm³/mol. The maximum Gasteiger partial charge on any atom is 0.331 e. The summed E-state index contributed by atoms with van der Waals surface area (Å²) in [4.78, 5) is 32.1. The molecule has 0 fully saturated rings. The highest BCUT2D eigenvalue weighted by molar-refractivity contribution is 7.14. The first kappa shape index (κ1) is 27.9. The summed E-state index contributed by atoms with van der Waals surface area (Å²) in [6.45, 7) is 0.990. The number of thiazole rings is 1. The molecule has 0 aliphatic carbocycles. The van der Waals surface area contributed by atoms with Gasteiger partial charge in [-0.2, -0.15) is 0 Å². The number of methoxy groups -OCH3 is 1. The molecule has 2 aromatic heterocycles. The number of anilines is 2. The van der Waals surface area contributed by atoms with Crippen molar-refractivity contribution in [2.45, 2.75) is 26.1 Å². The molecule has 0 spiro atoms. The third-order valence-electron chi connectivity index (χ3n) is 6.78. The molecular formula is C30H27F2N5O3S. The van der Waals surface area contributed by atoms with Crippen LogP contribution in [0.2, 0.25) is 0 Å². The number of para-hydroxylation sites is 2. The molecule has 1 atom stereocenters. The number of hydrogen-bond acceptors (Lipinski definition) is 7. The van der Waals surface area contributed by atoms with Gasteiger partial charge < -0.3 is 15.8 Å². The number of nitrogens with two attached hydrogens (primary N) is 1. The smallest absolute Gasteiger partial charge is 0.331 e. The molecule has 3 N–H and O–H groups in total. The topological polar surface area (TPSA) is 104 Å². The maximum absolute atomic E-state index is 14.6. The van der Waals surface area contributed by atoms with Gasteiger partial charge in [-0.1, -0.05) is 48.5 Å². The molecule has 3 aromatic carbocycles. The maximum atomic E-state index is 14.6. The van der Waals surface area contributed by atoms with Crippen LogP contribution in [-0.4, -0.2) is 21.2 Å². The standard InChI is InChI=1S/C30H27F2N5O3S/c1-18-27(25-17-41-29(35-25)34-24-13-6-7-14-26(24)40-2)28(38)37(16-23(33)19-9-4-3-5-10-19)30(39)36(18)15-20-21(31)11-8-12-22(20)32/h3-14,17,23H,15-16,33H2,1-2H3,(H,34,35)/t23-/m0/s1. The lowest BCUT2D eigenvalue weighted by molar-refractivity contribution is 0.417. The minimum Gasteiger partial charge on any atom is -0.495 e. The number of nitrogens with one attached hydrogen (secondary N) is 1. The molecule has 210 valence electrons. The lowest BCUT2D eigenvalue weighted by Crippen LogP contribution is -2.44. The first-order valence-corrected chi connectivity index (χ1v) is 13.6. The number of aromatic nitrogens is 3. The number of rotatable bonds is 9. The number of halogens is 2. The van der Waals surface area contributed by atoms with E-state index < -0.39 is 35.5 Å². The van der Waals surface area contributed by atoms with Gasteiger partial charge in [0.25, 0.3) is 5.56 Å². The Hall–Kier alpha value is -4.61. The largest absolute Gasteiger partial charge is 0.495 e. The molecule has 5 rings (SSSR count). The van der Waals surface area contributed by atoms with Crippen molar-refractivity contribution in [1.29, 1.82) is 0 Å². The zero-order valence-corrected chi connectivity index (χ0v) is 23.1. The summed E-state index contributed by atoms with van der Waals surface area (Å²) in [5, 5.41) is 5.35. The summed E-state index contributed by atoms with van der Waals surface area (Å²) >= 11 is 1.25. The number of hydrogen-bond donors (Lipinski definition) is 2. The molecule has 0 aliphatic rings. The first-order valence-electron chi connectivity index (χ1n) is 12.7. The van der Waals surface area contributed by atoms with Gasteiger partial charge in [-0.25, -0.2) is 18.6 Å². The molecule has 0 bridgehead atoms. The fourth-order valence-corrected chi connectivity index (χ4v) is 5.31. The van der Waals surface area contributed by atoms with Crippen LogP contribution in [0.5, 0.6) is 5.75 Å². The third kappa shape index (κ3) is 5.67. The molecule has 0 aliphatic heterocycles. The summed E-state index contributed by atoms with van der Waals surface area (Å²) < 4.78 is 36.8. The zero-order valence-electron chi connectivity index (χ0n) is 22.3. The second kappa shape index (κ2) is 11.9. The van der Waals surface area contributed by atoms with Gasteiger partial charge in [0.15, 0.2) is 5.13 Å². The van der Waals surface area contributed by atoms with Crippen LogP contribution in [0.25, 0.3) is 11.3 Å². The minimum atomic E-state index is -0.798. The molecule has 5 aromatic rings. The van der Waals surface area contributed by atoms with E-state index in [1.165, 1.54) is 22.0 Å². The Morgan fingerprint density at radius 1 is 0.976 bits per heavy atom. The van der Waals surface area contributed by atoms with E-state index in [1.54, 1.807) is 37.6 Å². The Balaban J connectivity index is 1.63. The highest BCUT2D eigenvalue weighted by atomic mass is 32.1. The van der Waals surface area contributed by atoms with Crippen molar-refractivity contribution in [3.8, 4) is 17.0 Å². The minimum absolute atomic E-state index is 0.130. The molecule has 8 nitrogen and oxygen atoms in total. The van der Waals surface area contributed by atoms with Gasteiger partial charge in [-0.05, 0) is 36.8 Å².